The molecule has 1 saturated carbocycles. The van der Waals surface area contributed by atoms with Crippen molar-refractivity contribution in [3.8, 4) is 22.8 Å². The molecule has 0 radical (unpaired) electrons. The molecule has 0 bridgehead atoms. The molecular weight excluding hydrogens is 550 g/mol. The maximum absolute atomic E-state index is 16.9. The van der Waals surface area contributed by atoms with E-state index in [4.69, 9.17) is 26.1 Å². The molecule has 0 amide bonds. The first-order chi connectivity index (χ1) is 19.7. The van der Waals surface area contributed by atoms with Gasteiger partial charge in [0.15, 0.2) is 11.5 Å². The molecule has 1 fully saturated rings. The number of alkyl halides is 1. The van der Waals surface area contributed by atoms with Gasteiger partial charge in [0.25, 0.3) is 0 Å². The first kappa shape index (κ1) is 27.3. The van der Waals surface area contributed by atoms with Gasteiger partial charge in [-0.05, 0) is 43.4 Å². The Morgan fingerprint density at radius 2 is 1.93 bits per heavy atom. The van der Waals surface area contributed by atoms with E-state index in [1.807, 2.05) is 4.57 Å². The summed E-state index contributed by atoms with van der Waals surface area (Å²) in [6.07, 6.45) is 8.46. The number of aromatic amines is 1. The molecule has 5 aromatic rings. The van der Waals surface area contributed by atoms with E-state index in [9.17, 15) is 9.18 Å². The van der Waals surface area contributed by atoms with Crippen molar-refractivity contribution in [2.45, 2.75) is 58.2 Å². The number of benzene rings is 1. The van der Waals surface area contributed by atoms with Crippen molar-refractivity contribution in [3.05, 3.63) is 81.6 Å². The minimum Gasteiger partial charge on any atom is -0.323 e. The maximum Gasteiger partial charge on any atom is 0.439 e. The summed E-state index contributed by atoms with van der Waals surface area (Å²) in [7, 11) is 0. The fraction of sp³-hybridized carbons (Fsp3) is 0.367. The van der Waals surface area contributed by atoms with Crippen molar-refractivity contribution in [1.29, 1.82) is 0 Å². The number of imidazole rings is 1. The van der Waals surface area contributed by atoms with Crippen molar-refractivity contribution < 1.29 is 13.3 Å². The third-order valence-corrected chi connectivity index (χ3v) is 8.29. The molecule has 4 aromatic heterocycles. The number of fused-ring (bicyclic) bond motifs is 1. The lowest BCUT2D eigenvalue weighted by Crippen LogP contribution is -2.25. The number of aromatic nitrogens is 6. The monoisotopic (exact) mass is 578 g/mol. The fourth-order valence-electron chi connectivity index (χ4n) is 5.83. The average molecular weight is 579 g/mol. The highest BCUT2D eigenvalue weighted by Gasteiger charge is 2.38. The van der Waals surface area contributed by atoms with Crippen molar-refractivity contribution >= 4 is 22.6 Å². The Labute approximate surface area is 239 Å². The highest BCUT2D eigenvalue weighted by atomic mass is 35.5. The molecule has 1 atom stereocenters. The van der Waals surface area contributed by atoms with Crippen LogP contribution in [0.15, 0.2) is 58.1 Å². The molecule has 11 heteroatoms. The number of nitrogens with one attached hydrogen (secondary N) is 1. The van der Waals surface area contributed by atoms with Gasteiger partial charge in [0.1, 0.15) is 11.5 Å². The second-order valence-electron chi connectivity index (χ2n) is 11.0. The molecule has 8 nitrogen and oxygen atoms in total. The molecule has 1 aromatic carbocycles. The molecule has 0 spiro atoms. The number of halogens is 3. The Kier molecular flexibility index (Phi) is 7.19. The predicted molar refractivity (Wildman–Crippen MR) is 152 cm³/mol. The lowest BCUT2D eigenvalue weighted by atomic mass is 9.81. The third kappa shape index (κ3) is 5.28. The fourth-order valence-corrected chi connectivity index (χ4v) is 6.00. The van der Waals surface area contributed by atoms with Crippen LogP contribution in [0.4, 0.5) is 8.78 Å². The molecule has 1 aliphatic carbocycles. The van der Waals surface area contributed by atoms with Crippen LogP contribution >= 0.6 is 11.6 Å². The highest BCUT2D eigenvalue weighted by molar-refractivity contribution is 6.30. The van der Waals surface area contributed by atoms with Gasteiger partial charge in [0, 0.05) is 30.1 Å². The van der Waals surface area contributed by atoms with E-state index < -0.39 is 17.2 Å². The third-order valence-electron chi connectivity index (χ3n) is 8.08. The summed E-state index contributed by atoms with van der Waals surface area (Å²) in [5.74, 6) is -0.0474. The summed E-state index contributed by atoms with van der Waals surface area (Å²) >= 11 is 6.31. The van der Waals surface area contributed by atoms with Crippen LogP contribution in [-0.2, 0) is 12.2 Å². The number of hydrogen-bond donors (Lipinski definition) is 1. The van der Waals surface area contributed by atoms with E-state index in [-0.39, 0.29) is 22.9 Å². The topological polar surface area (TPSA) is 102 Å². The first-order valence-electron chi connectivity index (χ1n) is 13.7. The van der Waals surface area contributed by atoms with Crippen LogP contribution in [0, 0.1) is 17.7 Å². The molecule has 1 N–H and O–H groups in total. The Bertz CT molecular complexity index is 1770. The minimum absolute atomic E-state index is 0.0608. The van der Waals surface area contributed by atoms with E-state index in [1.165, 1.54) is 44.2 Å². The smallest absolute Gasteiger partial charge is 0.323 e. The zero-order valence-corrected chi connectivity index (χ0v) is 23.5. The summed E-state index contributed by atoms with van der Waals surface area (Å²) in [5.41, 5.74) is -0.148. The second kappa shape index (κ2) is 10.8. The number of pyridine rings is 2. The SMILES string of the molecule is CC1CCC(CCn2c([C@@](C)(F)c3ccccc3F)nc3cc(-c4noc(=O)[nH]4)nc(-c4cncc(Cl)c4)c32)CC1. The lowest BCUT2D eigenvalue weighted by Gasteiger charge is -2.27. The Balaban J connectivity index is 1.58. The van der Waals surface area contributed by atoms with Gasteiger partial charge in [0.05, 0.1) is 21.7 Å². The quantitative estimate of drug-likeness (QED) is 0.221. The van der Waals surface area contributed by atoms with Gasteiger partial charge in [-0.3, -0.25) is 14.5 Å². The van der Waals surface area contributed by atoms with Crippen LogP contribution in [-0.4, -0.2) is 29.7 Å². The zero-order chi connectivity index (χ0) is 28.7. The Morgan fingerprint density at radius 3 is 2.63 bits per heavy atom. The molecule has 4 heterocycles. The summed E-state index contributed by atoms with van der Waals surface area (Å²) in [4.78, 5) is 28.0. The van der Waals surface area contributed by atoms with Crippen molar-refractivity contribution in [1.82, 2.24) is 29.7 Å². The van der Waals surface area contributed by atoms with Gasteiger partial charge in [-0.25, -0.2) is 23.5 Å². The highest BCUT2D eigenvalue weighted by Crippen LogP contribution is 2.40. The van der Waals surface area contributed by atoms with E-state index >= 15 is 4.39 Å². The molecule has 0 saturated heterocycles. The van der Waals surface area contributed by atoms with Gasteiger partial charge >= 0.3 is 5.76 Å². The molecule has 0 unspecified atom stereocenters. The minimum atomic E-state index is -2.27. The number of aryl methyl sites for hydroxylation is 1. The number of H-pyrrole nitrogens is 1. The summed E-state index contributed by atoms with van der Waals surface area (Å²) in [5, 5.41) is 4.17. The van der Waals surface area contributed by atoms with Crippen LogP contribution < -0.4 is 5.76 Å². The van der Waals surface area contributed by atoms with Gasteiger partial charge in [-0.2, -0.15) is 0 Å². The van der Waals surface area contributed by atoms with Crippen LogP contribution in [0.1, 0.15) is 57.3 Å². The maximum atomic E-state index is 16.9. The molecule has 212 valence electrons. The van der Waals surface area contributed by atoms with Gasteiger partial charge < -0.3 is 4.57 Å². The van der Waals surface area contributed by atoms with Crippen molar-refractivity contribution in [2.24, 2.45) is 11.8 Å². The largest absolute Gasteiger partial charge is 0.439 e. The van der Waals surface area contributed by atoms with E-state index in [0.29, 0.717) is 45.7 Å². The van der Waals surface area contributed by atoms with Gasteiger partial charge in [-0.15, -0.1) is 0 Å². The van der Waals surface area contributed by atoms with Crippen LogP contribution in [0.25, 0.3) is 33.8 Å². The Morgan fingerprint density at radius 1 is 1.15 bits per heavy atom. The standard InChI is InChI=1S/C30H29ClF2N6O2/c1-17-7-9-18(10-8-17)11-12-39-26-23(36-28(39)30(2,33)21-5-3-4-6-22(21)32)14-24(27-37-29(40)41-38-27)35-25(26)19-13-20(31)16-34-15-19/h3-6,13-18H,7-12H2,1-2H3,(H,37,38,40)/t17?,18?,30-/m0/s1. The van der Waals surface area contributed by atoms with Crippen molar-refractivity contribution in [2.75, 3.05) is 0 Å². The summed E-state index contributed by atoms with van der Waals surface area (Å²) in [6.45, 7) is 4.06. The molecule has 41 heavy (non-hydrogen) atoms. The van der Waals surface area contributed by atoms with E-state index in [2.05, 4.69) is 22.0 Å². The number of rotatable bonds is 7. The molecular formula is C30H29ClF2N6O2. The van der Waals surface area contributed by atoms with Gasteiger partial charge in [-0.1, -0.05) is 67.6 Å². The van der Waals surface area contributed by atoms with Gasteiger partial charge in [0.2, 0.25) is 5.82 Å². The summed E-state index contributed by atoms with van der Waals surface area (Å²) in [6, 6.07) is 9.14. The molecule has 0 aliphatic heterocycles. The van der Waals surface area contributed by atoms with E-state index in [1.54, 1.807) is 24.4 Å². The zero-order valence-electron chi connectivity index (χ0n) is 22.7. The number of hydrogen-bond acceptors (Lipinski definition) is 6. The first-order valence-corrected chi connectivity index (χ1v) is 14.1. The summed E-state index contributed by atoms with van der Waals surface area (Å²) < 4.78 is 38.4. The Hall–Kier alpha value is -3.92. The van der Waals surface area contributed by atoms with Crippen LogP contribution in [0.5, 0.6) is 0 Å². The van der Waals surface area contributed by atoms with Crippen LogP contribution in [0.2, 0.25) is 5.02 Å². The number of nitrogens with zero attached hydrogens (tertiary/aromatic N) is 5. The average Bonchev–Trinajstić information content (AvgIpc) is 3.56. The molecule has 6 rings (SSSR count). The van der Waals surface area contributed by atoms with Crippen molar-refractivity contribution in [3.63, 3.8) is 0 Å². The normalized spacial score (nSPS) is 19.0. The predicted octanol–water partition coefficient (Wildman–Crippen LogP) is 7.08. The second-order valence-corrected chi connectivity index (χ2v) is 11.5. The van der Waals surface area contributed by atoms with Crippen LogP contribution in [0.3, 0.4) is 0 Å². The van der Waals surface area contributed by atoms with E-state index in [0.717, 1.165) is 19.3 Å². The lowest BCUT2D eigenvalue weighted by molar-refractivity contribution is 0.216. The molecule has 1 aliphatic rings.